The van der Waals surface area contributed by atoms with Crippen LogP contribution >= 0.6 is 0 Å². The van der Waals surface area contributed by atoms with Crippen molar-refractivity contribution < 1.29 is 4.74 Å². The van der Waals surface area contributed by atoms with Gasteiger partial charge in [0.25, 0.3) is 0 Å². The maximum absolute atomic E-state index is 5.34. The first kappa shape index (κ1) is 9.04. The quantitative estimate of drug-likeness (QED) is 0.623. The fraction of sp³-hybridized carbons (Fsp3) is 0.500. The van der Waals surface area contributed by atoms with Gasteiger partial charge in [-0.1, -0.05) is 19.8 Å². The predicted molar refractivity (Wildman–Crippen MR) is 48.1 cm³/mol. The normalized spacial score (nSPS) is 9.75. The lowest BCUT2D eigenvalue weighted by molar-refractivity contribution is 0.294. The van der Waals surface area contributed by atoms with Crippen LogP contribution in [-0.4, -0.2) is 11.6 Å². The summed E-state index contributed by atoms with van der Waals surface area (Å²) >= 11 is 0. The summed E-state index contributed by atoms with van der Waals surface area (Å²) in [5, 5.41) is 0. The molecule has 0 spiro atoms. The molecule has 0 N–H and O–H groups in total. The van der Waals surface area contributed by atoms with E-state index in [1.54, 1.807) is 6.20 Å². The predicted octanol–water partition coefficient (Wildman–Crippen LogP) is 2.45. The Morgan fingerprint density at radius 2 is 2.42 bits per heavy atom. The third-order valence-corrected chi connectivity index (χ3v) is 1.57. The van der Waals surface area contributed by atoms with Gasteiger partial charge in [0.15, 0.2) is 0 Å². The topological polar surface area (TPSA) is 22.1 Å². The number of hydrogen-bond donors (Lipinski definition) is 0. The Morgan fingerprint density at radius 1 is 1.50 bits per heavy atom. The van der Waals surface area contributed by atoms with Crippen LogP contribution in [0.3, 0.4) is 0 Å². The van der Waals surface area contributed by atoms with Crippen molar-refractivity contribution in [1.82, 2.24) is 4.98 Å². The van der Waals surface area contributed by atoms with E-state index in [-0.39, 0.29) is 0 Å². The van der Waals surface area contributed by atoms with Gasteiger partial charge in [-0.25, -0.2) is 4.98 Å². The second-order valence-corrected chi connectivity index (χ2v) is 2.64. The van der Waals surface area contributed by atoms with Gasteiger partial charge in [0.1, 0.15) is 0 Å². The van der Waals surface area contributed by atoms with Crippen molar-refractivity contribution in [3.63, 3.8) is 0 Å². The fourth-order valence-corrected chi connectivity index (χ4v) is 0.910. The molecule has 0 saturated carbocycles. The van der Waals surface area contributed by atoms with Crippen molar-refractivity contribution in [1.29, 1.82) is 0 Å². The molecule has 2 nitrogen and oxygen atoms in total. The summed E-state index contributed by atoms with van der Waals surface area (Å²) in [6, 6.07) is 6.55. The van der Waals surface area contributed by atoms with E-state index in [1.807, 2.05) is 12.1 Å². The van der Waals surface area contributed by atoms with E-state index in [9.17, 15) is 0 Å². The molecule has 0 aromatic carbocycles. The van der Waals surface area contributed by atoms with Gasteiger partial charge >= 0.3 is 0 Å². The van der Waals surface area contributed by atoms with Crippen molar-refractivity contribution in [3.05, 3.63) is 24.4 Å². The molecule has 12 heavy (non-hydrogen) atoms. The molecule has 1 aromatic heterocycles. The van der Waals surface area contributed by atoms with Crippen molar-refractivity contribution in [2.24, 2.45) is 0 Å². The third kappa shape index (κ3) is 3.37. The van der Waals surface area contributed by atoms with Crippen LogP contribution in [0.2, 0.25) is 0 Å². The molecular formula is C10H14NO. The molecule has 1 radical (unpaired) electrons. The summed E-state index contributed by atoms with van der Waals surface area (Å²) in [6.45, 7) is 2.92. The van der Waals surface area contributed by atoms with Gasteiger partial charge in [0, 0.05) is 12.3 Å². The van der Waals surface area contributed by atoms with Crippen LogP contribution in [0.5, 0.6) is 5.88 Å². The number of nitrogens with zero attached hydrogens (tertiary/aromatic N) is 1. The smallest absolute Gasteiger partial charge is 0.221 e. The zero-order valence-electron chi connectivity index (χ0n) is 7.42. The molecule has 0 unspecified atom stereocenters. The largest absolute Gasteiger partial charge is 0.477 e. The molecule has 0 aliphatic rings. The zero-order chi connectivity index (χ0) is 8.65. The maximum atomic E-state index is 5.34. The van der Waals surface area contributed by atoms with Crippen LogP contribution in [0.1, 0.15) is 26.2 Å². The summed E-state index contributed by atoms with van der Waals surface area (Å²) in [5.74, 6) is 0.605. The van der Waals surface area contributed by atoms with Crippen molar-refractivity contribution >= 4 is 0 Å². The fourth-order valence-electron chi connectivity index (χ4n) is 0.910. The Bertz CT molecular complexity index is 198. The van der Waals surface area contributed by atoms with E-state index < -0.39 is 0 Å². The summed E-state index contributed by atoms with van der Waals surface area (Å²) in [6.07, 6.45) is 5.24. The minimum atomic E-state index is 0.605. The first-order chi connectivity index (χ1) is 5.93. The highest BCUT2D eigenvalue weighted by Crippen LogP contribution is 2.03. The summed E-state index contributed by atoms with van der Waals surface area (Å²) in [7, 11) is 0. The standard InChI is InChI=1S/C10H14NO/c1-2-3-6-9-12-10-7-4-5-8-11-10/h4-5,8H,2-3,6,9H2,1H3. The molecule has 0 fully saturated rings. The molecule has 0 saturated heterocycles. The number of aromatic nitrogens is 1. The van der Waals surface area contributed by atoms with E-state index in [0.29, 0.717) is 5.88 Å². The lowest BCUT2D eigenvalue weighted by Gasteiger charge is -2.02. The van der Waals surface area contributed by atoms with Gasteiger partial charge in [-0.05, 0) is 18.6 Å². The molecule has 1 heterocycles. The maximum Gasteiger partial charge on any atom is 0.221 e. The number of unbranched alkanes of at least 4 members (excludes halogenated alkanes) is 2. The second-order valence-electron chi connectivity index (χ2n) is 2.64. The first-order valence-corrected chi connectivity index (χ1v) is 4.39. The highest BCUT2D eigenvalue weighted by molar-refractivity contribution is 5.06. The van der Waals surface area contributed by atoms with Crippen molar-refractivity contribution in [2.45, 2.75) is 26.2 Å². The Labute approximate surface area is 73.6 Å². The first-order valence-electron chi connectivity index (χ1n) is 4.39. The van der Waals surface area contributed by atoms with Crippen LogP contribution in [-0.2, 0) is 0 Å². The molecule has 0 aliphatic heterocycles. The van der Waals surface area contributed by atoms with Crippen LogP contribution in [0, 0.1) is 6.07 Å². The van der Waals surface area contributed by atoms with Gasteiger partial charge < -0.3 is 4.74 Å². The summed E-state index contributed by atoms with van der Waals surface area (Å²) < 4.78 is 5.34. The van der Waals surface area contributed by atoms with Crippen LogP contribution < -0.4 is 4.74 Å². The molecule has 1 aromatic rings. The van der Waals surface area contributed by atoms with Crippen molar-refractivity contribution in [3.8, 4) is 5.88 Å². The molecule has 0 aliphatic carbocycles. The average molecular weight is 164 g/mol. The van der Waals surface area contributed by atoms with Crippen LogP contribution in [0.15, 0.2) is 18.3 Å². The summed E-state index contributed by atoms with van der Waals surface area (Å²) in [5.41, 5.74) is 0. The Balaban J connectivity index is 2.16. The Morgan fingerprint density at radius 3 is 3.08 bits per heavy atom. The highest BCUT2D eigenvalue weighted by Gasteiger charge is 1.91. The highest BCUT2D eigenvalue weighted by atomic mass is 16.5. The molecule has 65 valence electrons. The van der Waals surface area contributed by atoms with Gasteiger partial charge in [-0.3, -0.25) is 0 Å². The SMILES string of the molecule is CCCCCOc1[c]cccn1. The number of rotatable bonds is 5. The Hall–Kier alpha value is -1.05. The van der Waals surface area contributed by atoms with E-state index in [1.165, 1.54) is 12.8 Å². The van der Waals surface area contributed by atoms with Crippen LogP contribution in [0.4, 0.5) is 0 Å². The van der Waals surface area contributed by atoms with Gasteiger partial charge in [-0.15, -0.1) is 0 Å². The minimum Gasteiger partial charge on any atom is -0.477 e. The molecule has 2 heteroatoms. The van der Waals surface area contributed by atoms with E-state index in [0.717, 1.165) is 13.0 Å². The van der Waals surface area contributed by atoms with E-state index in [4.69, 9.17) is 4.74 Å². The molecular weight excluding hydrogens is 150 g/mol. The lowest BCUT2D eigenvalue weighted by Crippen LogP contribution is -1.98. The zero-order valence-corrected chi connectivity index (χ0v) is 7.42. The average Bonchev–Trinajstić information content (AvgIpc) is 2.14. The second kappa shape index (κ2) is 5.58. The number of ether oxygens (including phenoxy) is 1. The van der Waals surface area contributed by atoms with Crippen molar-refractivity contribution in [2.75, 3.05) is 6.61 Å². The Kier molecular flexibility index (Phi) is 4.21. The molecule has 0 bridgehead atoms. The molecule has 0 atom stereocenters. The minimum absolute atomic E-state index is 0.605. The molecule has 1 rings (SSSR count). The summed E-state index contributed by atoms with van der Waals surface area (Å²) in [4.78, 5) is 4.00. The van der Waals surface area contributed by atoms with E-state index in [2.05, 4.69) is 18.0 Å². The van der Waals surface area contributed by atoms with Gasteiger partial charge in [-0.2, -0.15) is 0 Å². The van der Waals surface area contributed by atoms with Crippen LogP contribution in [0.25, 0.3) is 0 Å². The number of hydrogen-bond acceptors (Lipinski definition) is 2. The number of pyridine rings is 1. The monoisotopic (exact) mass is 164 g/mol. The molecule has 0 amide bonds. The lowest BCUT2D eigenvalue weighted by atomic mass is 10.3. The van der Waals surface area contributed by atoms with Gasteiger partial charge in [0.05, 0.1) is 6.61 Å². The van der Waals surface area contributed by atoms with Gasteiger partial charge in [0.2, 0.25) is 5.88 Å². The third-order valence-electron chi connectivity index (χ3n) is 1.57. The van der Waals surface area contributed by atoms with E-state index >= 15 is 0 Å².